The minimum absolute atomic E-state index is 0.367. The standard InChI is InChI=1S/C20H28BNO4/c1-13-11-14-12-15(21-25-19(5,6)20(7,8)26-21)9-10-16(14)22(13)17(23)24-18(2,3)4/h9-12H,1-8H3. The third kappa shape index (κ3) is 3.28. The molecule has 2 aromatic rings. The fourth-order valence-electron chi connectivity index (χ4n) is 3.05. The first-order valence-electron chi connectivity index (χ1n) is 9.02. The van der Waals surface area contributed by atoms with Crippen molar-refractivity contribution in [3.05, 3.63) is 30.0 Å². The summed E-state index contributed by atoms with van der Waals surface area (Å²) in [4.78, 5) is 12.6. The zero-order chi connectivity index (χ0) is 19.5. The van der Waals surface area contributed by atoms with Gasteiger partial charge in [0.05, 0.1) is 16.7 Å². The molecule has 2 heterocycles. The van der Waals surface area contributed by atoms with Gasteiger partial charge in [0.1, 0.15) is 5.60 Å². The van der Waals surface area contributed by atoms with Crippen molar-refractivity contribution in [1.29, 1.82) is 0 Å². The number of nitrogens with zero attached hydrogens (tertiary/aromatic N) is 1. The van der Waals surface area contributed by atoms with Crippen LogP contribution in [-0.4, -0.2) is 34.6 Å². The van der Waals surface area contributed by atoms with Crippen molar-refractivity contribution in [2.24, 2.45) is 0 Å². The summed E-state index contributed by atoms with van der Waals surface area (Å²) < 4.78 is 19.4. The van der Waals surface area contributed by atoms with Gasteiger partial charge in [-0.2, -0.15) is 0 Å². The van der Waals surface area contributed by atoms with Gasteiger partial charge < -0.3 is 14.0 Å². The summed E-state index contributed by atoms with van der Waals surface area (Å²) >= 11 is 0. The Labute approximate surface area is 155 Å². The Balaban J connectivity index is 1.96. The SMILES string of the molecule is Cc1cc2cc(B3OC(C)(C)C(C)(C)O3)ccc2n1C(=O)OC(C)(C)C. The lowest BCUT2D eigenvalue weighted by molar-refractivity contribution is 0.00578. The Morgan fingerprint density at radius 3 is 2.19 bits per heavy atom. The second kappa shape index (κ2) is 5.86. The number of aryl methyl sites for hydroxylation is 1. The molecule has 3 rings (SSSR count). The summed E-state index contributed by atoms with van der Waals surface area (Å²) in [6.45, 7) is 15.6. The van der Waals surface area contributed by atoms with E-state index in [0.717, 1.165) is 22.1 Å². The number of carbonyl (C=O) groups is 1. The van der Waals surface area contributed by atoms with Crippen LogP contribution in [0.1, 0.15) is 54.2 Å². The highest BCUT2D eigenvalue weighted by atomic mass is 16.7. The van der Waals surface area contributed by atoms with Crippen LogP contribution in [-0.2, 0) is 14.0 Å². The van der Waals surface area contributed by atoms with Crippen LogP contribution in [0.2, 0.25) is 0 Å². The number of benzene rings is 1. The van der Waals surface area contributed by atoms with Gasteiger partial charge in [-0.25, -0.2) is 9.36 Å². The molecular formula is C20H28BNO4. The molecule has 0 unspecified atom stereocenters. The zero-order valence-corrected chi connectivity index (χ0v) is 17.0. The van der Waals surface area contributed by atoms with E-state index >= 15 is 0 Å². The topological polar surface area (TPSA) is 49.7 Å². The number of aromatic nitrogens is 1. The smallest absolute Gasteiger partial charge is 0.443 e. The number of fused-ring (bicyclic) bond motifs is 1. The molecule has 1 aromatic heterocycles. The van der Waals surface area contributed by atoms with E-state index in [9.17, 15) is 4.79 Å². The van der Waals surface area contributed by atoms with Crippen LogP contribution < -0.4 is 5.46 Å². The minimum Gasteiger partial charge on any atom is -0.443 e. The summed E-state index contributed by atoms with van der Waals surface area (Å²) in [5.74, 6) is 0. The van der Waals surface area contributed by atoms with Crippen molar-refractivity contribution < 1.29 is 18.8 Å². The third-order valence-electron chi connectivity index (χ3n) is 5.11. The minimum atomic E-state index is -0.539. The van der Waals surface area contributed by atoms with Crippen LogP contribution >= 0.6 is 0 Å². The molecule has 0 saturated carbocycles. The molecule has 0 atom stereocenters. The van der Waals surface area contributed by atoms with Crippen LogP contribution in [0, 0.1) is 6.92 Å². The maximum atomic E-state index is 12.6. The number of rotatable bonds is 1. The van der Waals surface area contributed by atoms with Gasteiger partial charge in [0.25, 0.3) is 0 Å². The average molecular weight is 357 g/mol. The first kappa shape index (κ1) is 19.0. The van der Waals surface area contributed by atoms with Crippen LogP contribution in [0.3, 0.4) is 0 Å². The Morgan fingerprint density at radius 1 is 1.08 bits per heavy atom. The fraction of sp³-hybridized carbons (Fsp3) is 0.550. The maximum absolute atomic E-state index is 12.6. The summed E-state index contributed by atoms with van der Waals surface area (Å²) in [6, 6.07) is 7.87. The van der Waals surface area contributed by atoms with Gasteiger partial charge in [0.2, 0.25) is 0 Å². The van der Waals surface area contributed by atoms with Gasteiger partial charge in [-0.3, -0.25) is 0 Å². The molecule has 6 heteroatoms. The number of ether oxygens (including phenoxy) is 1. The monoisotopic (exact) mass is 357 g/mol. The van der Waals surface area contributed by atoms with Gasteiger partial charge in [0, 0.05) is 11.1 Å². The van der Waals surface area contributed by atoms with E-state index in [2.05, 4.69) is 0 Å². The van der Waals surface area contributed by atoms with Crippen molar-refractivity contribution in [2.45, 2.75) is 72.2 Å². The molecule has 0 spiro atoms. The second-order valence-corrected chi connectivity index (χ2v) is 9.01. The van der Waals surface area contributed by atoms with E-state index in [0.29, 0.717) is 0 Å². The van der Waals surface area contributed by atoms with Gasteiger partial charge in [0.15, 0.2) is 0 Å². The zero-order valence-electron chi connectivity index (χ0n) is 17.0. The number of hydrogen-bond acceptors (Lipinski definition) is 4. The lowest BCUT2D eigenvalue weighted by Crippen LogP contribution is -2.41. The normalized spacial score (nSPS) is 19.2. The molecule has 1 aromatic carbocycles. The first-order chi connectivity index (χ1) is 11.8. The Morgan fingerprint density at radius 2 is 1.65 bits per heavy atom. The van der Waals surface area contributed by atoms with Crippen molar-refractivity contribution in [3.8, 4) is 0 Å². The van der Waals surface area contributed by atoms with Crippen molar-refractivity contribution in [1.82, 2.24) is 4.57 Å². The molecule has 0 bridgehead atoms. The fourth-order valence-corrected chi connectivity index (χ4v) is 3.05. The van der Waals surface area contributed by atoms with E-state index in [1.165, 1.54) is 0 Å². The Bertz CT molecular complexity index is 845. The van der Waals surface area contributed by atoms with E-state index in [4.69, 9.17) is 14.0 Å². The summed E-state index contributed by atoms with van der Waals surface area (Å²) in [5, 5.41) is 0.959. The molecule has 0 N–H and O–H groups in total. The molecule has 1 fully saturated rings. The molecule has 0 aliphatic carbocycles. The van der Waals surface area contributed by atoms with Crippen LogP contribution in [0.4, 0.5) is 4.79 Å². The number of hydrogen-bond donors (Lipinski definition) is 0. The largest absolute Gasteiger partial charge is 0.494 e. The quantitative estimate of drug-likeness (QED) is 0.723. The van der Waals surface area contributed by atoms with Crippen LogP contribution in [0.15, 0.2) is 24.3 Å². The molecule has 5 nitrogen and oxygen atoms in total. The van der Waals surface area contributed by atoms with E-state index in [1.807, 2.05) is 79.7 Å². The van der Waals surface area contributed by atoms with Crippen molar-refractivity contribution in [2.75, 3.05) is 0 Å². The second-order valence-electron chi connectivity index (χ2n) is 9.01. The van der Waals surface area contributed by atoms with Crippen molar-refractivity contribution >= 4 is 29.6 Å². The van der Waals surface area contributed by atoms with Crippen molar-refractivity contribution in [3.63, 3.8) is 0 Å². The third-order valence-corrected chi connectivity index (χ3v) is 5.11. The highest BCUT2D eigenvalue weighted by Gasteiger charge is 2.51. The molecule has 140 valence electrons. The van der Waals surface area contributed by atoms with Gasteiger partial charge in [-0.05, 0) is 73.0 Å². The maximum Gasteiger partial charge on any atom is 0.494 e. The first-order valence-corrected chi connectivity index (χ1v) is 9.02. The summed E-state index contributed by atoms with van der Waals surface area (Å²) in [7, 11) is -0.422. The highest BCUT2D eigenvalue weighted by Crippen LogP contribution is 2.36. The lowest BCUT2D eigenvalue weighted by Gasteiger charge is -2.32. The number of carbonyl (C=O) groups excluding carboxylic acids is 1. The Hall–Kier alpha value is -1.79. The van der Waals surface area contributed by atoms with E-state index in [1.54, 1.807) is 4.57 Å². The van der Waals surface area contributed by atoms with E-state index in [-0.39, 0.29) is 17.3 Å². The predicted molar refractivity (Wildman–Crippen MR) is 104 cm³/mol. The summed E-state index contributed by atoms with van der Waals surface area (Å²) in [5.41, 5.74) is 1.29. The molecule has 0 amide bonds. The lowest BCUT2D eigenvalue weighted by atomic mass is 9.78. The Kier molecular flexibility index (Phi) is 4.28. The molecule has 1 aliphatic rings. The van der Waals surface area contributed by atoms with Gasteiger partial charge >= 0.3 is 13.2 Å². The molecule has 1 saturated heterocycles. The van der Waals surface area contributed by atoms with Crippen LogP contribution in [0.25, 0.3) is 10.9 Å². The van der Waals surface area contributed by atoms with Crippen LogP contribution in [0.5, 0.6) is 0 Å². The molecule has 1 aliphatic heterocycles. The summed E-state index contributed by atoms with van der Waals surface area (Å²) in [6.07, 6.45) is -0.367. The van der Waals surface area contributed by atoms with Gasteiger partial charge in [-0.1, -0.05) is 12.1 Å². The molecular weight excluding hydrogens is 329 g/mol. The highest BCUT2D eigenvalue weighted by molar-refractivity contribution is 6.62. The van der Waals surface area contributed by atoms with E-state index < -0.39 is 12.7 Å². The van der Waals surface area contributed by atoms with Gasteiger partial charge in [-0.15, -0.1) is 0 Å². The molecule has 26 heavy (non-hydrogen) atoms. The molecule has 0 radical (unpaired) electrons. The average Bonchev–Trinajstić information content (AvgIpc) is 2.88. The predicted octanol–water partition coefficient (Wildman–Crippen LogP) is 4.03.